The third-order valence-corrected chi connectivity index (χ3v) is 3.69. The molecule has 3 nitrogen and oxygen atoms in total. The number of rotatable bonds is 4. The molecule has 16 heavy (non-hydrogen) atoms. The van der Waals surface area contributed by atoms with E-state index in [1.54, 1.807) is 18.2 Å². The number of benzene rings is 1. The van der Waals surface area contributed by atoms with Crippen molar-refractivity contribution < 1.29 is 9.18 Å². The Labute approximate surface area is 98.6 Å². The molecular formula is C11H15FN2OS. The standard InChI is InChI=1S/C11H15FN2OS/c1-7(2)10(11(15)14-13)16-9-6-4-3-5-8(9)12/h3-7,10H,13H2,1-2H3,(H,14,15). The molecule has 3 N–H and O–H groups in total. The zero-order valence-electron chi connectivity index (χ0n) is 9.24. The summed E-state index contributed by atoms with van der Waals surface area (Å²) in [6.45, 7) is 3.79. The van der Waals surface area contributed by atoms with Crippen molar-refractivity contribution in [3.05, 3.63) is 30.1 Å². The van der Waals surface area contributed by atoms with E-state index in [0.717, 1.165) is 0 Å². The van der Waals surface area contributed by atoms with Gasteiger partial charge in [-0.3, -0.25) is 10.2 Å². The smallest absolute Gasteiger partial charge is 0.247 e. The number of nitrogens with two attached hydrogens (primary N) is 1. The largest absolute Gasteiger partial charge is 0.293 e. The van der Waals surface area contributed by atoms with E-state index in [-0.39, 0.29) is 22.9 Å². The molecular weight excluding hydrogens is 227 g/mol. The highest BCUT2D eigenvalue weighted by molar-refractivity contribution is 8.00. The van der Waals surface area contributed by atoms with Gasteiger partial charge < -0.3 is 0 Å². The van der Waals surface area contributed by atoms with Crippen molar-refractivity contribution >= 4 is 17.7 Å². The average Bonchev–Trinajstić information content (AvgIpc) is 2.26. The molecule has 0 saturated carbocycles. The van der Waals surface area contributed by atoms with Gasteiger partial charge in [-0.2, -0.15) is 0 Å². The van der Waals surface area contributed by atoms with Crippen LogP contribution in [0.15, 0.2) is 29.2 Å². The fourth-order valence-electron chi connectivity index (χ4n) is 1.25. The van der Waals surface area contributed by atoms with Gasteiger partial charge in [-0.25, -0.2) is 10.2 Å². The van der Waals surface area contributed by atoms with Crippen LogP contribution in [-0.4, -0.2) is 11.2 Å². The number of halogens is 1. The SMILES string of the molecule is CC(C)C(Sc1ccccc1F)C(=O)NN. The lowest BCUT2D eigenvalue weighted by atomic mass is 10.1. The topological polar surface area (TPSA) is 55.1 Å². The summed E-state index contributed by atoms with van der Waals surface area (Å²) in [6.07, 6.45) is 0. The lowest BCUT2D eigenvalue weighted by molar-refractivity contribution is -0.121. The van der Waals surface area contributed by atoms with E-state index in [9.17, 15) is 9.18 Å². The van der Waals surface area contributed by atoms with Crippen LogP contribution >= 0.6 is 11.8 Å². The minimum Gasteiger partial charge on any atom is -0.293 e. The van der Waals surface area contributed by atoms with Gasteiger partial charge in [-0.1, -0.05) is 26.0 Å². The van der Waals surface area contributed by atoms with Crippen LogP contribution in [0, 0.1) is 11.7 Å². The molecule has 1 unspecified atom stereocenters. The van der Waals surface area contributed by atoms with Crippen molar-refractivity contribution in [1.29, 1.82) is 0 Å². The van der Waals surface area contributed by atoms with Crippen LogP contribution in [0.2, 0.25) is 0 Å². The Kier molecular flexibility index (Phi) is 4.76. The van der Waals surface area contributed by atoms with Crippen LogP contribution in [0.5, 0.6) is 0 Å². The maximum Gasteiger partial charge on any atom is 0.247 e. The highest BCUT2D eigenvalue weighted by Crippen LogP contribution is 2.29. The van der Waals surface area contributed by atoms with E-state index in [1.807, 2.05) is 13.8 Å². The molecule has 1 aromatic carbocycles. The Balaban J connectivity index is 2.84. The van der Waals surface area contributed by atoms with Crippen molar-refractivity contribution in [3.63, 3.8) is 0 Å². The molecule has 5 heteroatoms. The van der Waals surface area contributed by atoms with E-state index < -0.39 is 0 Å². The van der Waals surface area contributed by atoms with Crippen LogP contribution in [0.1, 0.15) is 13.8 Å². The van der Waals surface area contributed by atoms with Crippen molar-refractivity contribution in [3.8, 4) is 0 Å². The molecule has 1 aromatic rings. The Morgan fingerprint density at radius 2 is 2.06 bits per heavy atom. The van der Waals surface area contributed by atoms with Gasteiger partial charge in [0.1, 0.15) is 5.82 Å². The first-order valence-corrected chi connectivity index (χ1v) is 5.86. The summed E-state index contributed by atoms with van der Waals surface area (Å²) in [5, 5.41) is -0.387. The Morgan fingerprint density at radius 1 is 1.44 bits per heavy atom. The second-order valence-corrected chi connectivity index (χ2v) is 4.90. The lowest BCUT2D eigenvalue weighted by Crippen LogP contribution is -2.39. The highest BCUT2D eigenvalue weighted by Gasteiger charge is 2.23. The summed E-state index contributed by atoms with van der Waals surface area (Å²) < 4.78 is 13.4. The molecule has 0 fully saturated rings. The van der Waals surface area contributed by atoms with Gasteiger partial charge in [0.2, 0.25) is 5.91 Å². The first-order chi connectivity index (χ1) is 7.56. The Bertz CT molecular complexity index is 371. The predicted octanol–water partition coefficient (Wildman–Crippen LogP) is 1.93. The van der Waals surface area contributed by atoms with Crippen molar-refractivity contribution in [2.45, 2.75) is 24.0 Å². The maximum absolute atomic E-state index is 13.4. The molecule has 1 atom stereocenters. The number of hydrogen-bond donors (Lipinski definition) is 2. The molecule has 0 spiro atoms. The summed E-state index contributed by atoms with van der Waals surface area (Å²) in [6, 6.07) is 6.38. The van der Waals surface area contributed by atoms with Gasteiger partial charge in [0, 0.05) is 4.90 Å². The number of hydrazine groups is 1. The van der Waals surface area contributed by atoms with E-state index >= 15 is 0 Å². The molecule has 0 radical (unpaired) electrons. The summed E-state index contributed by atoms with van der Waals surface area (Å²) in [4.78, 5) is 12.0. The van der Waals surface area contributed by atoms with Crippen molar-refractivity contribution in [2.24, 2.45) is 11.8 Å². The highest BCUT2D eigenvalue weighted by atomic mass is 32.2. The minimum atomic E-state index is -0.387. The number of carbonyl (C=O) groups is 1. The van der Waals surface area contributed by atoms with Crippen molar-refractivity contribution in [1.82, 2.24) is 5.43 Å². The van der Waals surface area contributed by atoms with E-state index in [0.29, 0.717) is 4.90 Å². The van der Waals surface area contributed by atoms with E-state index in [4.69, 9.17) is 5.84 Å². The molecule has 88 valence electrons. The summed E-state index contributed by atoms with van der Waals surface area (Å²) in [5.74, 6) is 4.57. The molecule has 0 bridgehead atoms. The first kappa shape index (κ1) is 13.0. The van der Waals surface area contributed by atoms with Gasteiger partial charge in [0.15, 0.2) is 0 Å². The molecule has 0 aliphatic rings. The van der Waals surface area contributed by atoms with Gasteiger partial charge >= 0.3 is 0 Å². The lowest BCUT2D eigenvalue weighted by Gasteiger charge is -2.18. The predicted molar refractivity (Wildman–Crippen MR) is 63.2 cm³/mol. The molecule has 1 amide bonds. The maximum atomic E-state index is 13.4. The fraction of sp³-hybridized carbons (Fsp3) is 0.364. The van der Waals surface area contributed by atoms with Crippen LogP contribution in [-0.2, 0) is 4.79 Å². The molecule has 0 aliphatic heterocycles. The minimum absolute atomic E-state index is 0.0770. The number of nitrogens with one attached hydrogen (secondary N) is 1. The average molecular weight is 242 g/mol. The molecule has 1 rings (SSSR count). The second-order valence-electron chi connectivity index (χ2n) is 3.72. The summed E-state index contributed by atoms with van der Waals surface area (Å²) in [7, 11) is 0. The van der Waals surface area contributed by atoms with Crippen LogP contribution in [0.4, 0.5) is 4.39 Å². The summed E-state index contributed by atoms with van der Waals surface area (Å²) in [5.41, 5.74) is 2.10. The van der Waals surface area contributed by atoms with Gasteiger partial charge in [-0.15, -0.1) is 11.8 Å². The third kappa shape index (κ3) is 3.21. The van der Waals surface area contributed by atoms with E-state index in [2.05, 4.69) is 5.43 Å². The van der Waals surface area contributed by atoms with E-state index in [1.165, 1.54) is 17.8 Å². The first-order valence-electron chi connectivity index (χ1n) is 4.98. The molecule has 0 saturated heterocycles. The molecule has 0 aliphatic carbocycles. The van der Waals surface area contributed by atoms with Crippen LogP contribution < -0.4 is 11.3 Å². The zero-order valence-corrected chi connectivity index (χ0v) is 10.1. The van der Waals surface area contributed by atoms with Crippen LogP contribution in [0.3, 0.4) is 0 Å². The monoisotopic (exact) mass is 242 g/mol. The number of thioether (sulfide) groups is 1. The number of amides is 1. The van der Waals surface area contributed by atoms with Gasteiger partial charge in [0.05, 0.1) is 5.25 Å². The molecule has 0 heterocycles. The molecule has 0 aromatic heterocycles. The van der Waals surface area contributed by atoms with Crippen LogP contribution in [0.25, 0.3) is 0 Å². The number of carbonyl (C=O) groups excluding carboxylic acids is 1. The third-order valence-electron chi connectivity index (χ3n) is 2.10. The second kappa shape index (κ2) is 5.86. The zero-order chi connectivity index (χ0) is 12.1. The van der Waals surface area contributed by atoms with Gasteiger partial charge in [-0.05, 0) is 18.1 Å². The normalized spacial score (nSPS) is 12.6. The number of hydrogen-bond acceptors (Lipinski definition) is 3. The summed E-state index contributed by atoms with van der Waals surface area (Å²) >= 11 is 1.19. The van der Waals surface area contributed by atoms with Gasteiger partial charge in [0.25, 0.3) is 0 Å². The quantitative estimate of drug-likeness (QED) is 0.367. The van der Waals surface area contributed by atoms with Crippen molar-refractivity contribution in [2.75, 3.05) is 0 Å². The fourth-order valence-corrected chi connectivity index (χ4v) is 2.31. The Morgan fingerprint density at radius 3 is 2.56 bits per heavy atom. The Hall–Kier alpha value is -1.07.